The minimum absolute atomic E-state index is 0.188. The molecule has 0 radical (unpaired) electrons. The normalized spacial score (nSPS) is 15.0. The van der Waals surface area contributed by atoms with Crippen molar-refractivity contribution < 1.29 is 14.3 Å². The van der Waals surface area contributed by atoms with Crippen LogP contribution in [-0.2, 0) is 13.0 Å². The molecule has 0 bridgehead atoms. The van der Waals surface area contributed by atoms with Gasteiger partial charge in [-0.25, -0.2) is 9.78 Å². The van der Waals surface area contributed by atoms with Crippen molar-refractivity contribution in [1.29, 1.82) is 0 Å². The summed E-state index contributed by atoms with van der Waals surface area (Å²) in [7, 11) is 1.60. The Morgan fingerprint density at radius 1 is 1.06 bits per heavy atom. The number of rotatable bonds is 5. The number of methoxy groups -OCH3 is 1. The zero-order valence-electron chi connectivity index (χ0n) is 19.5. The van der Waals surface area contributed by atoms with E-state index in [0.717, 1.165) is 35.1 Å². The number of carbonyl (C=O) groups excluding carboxylic acids is 2. The van der Waals surface area contributed by atoms with Gasteiger partial charge in [0.05, 0.1) is 30.7 Å². The van der Waals surface area contributed by atoms with Crippen molar-refractivity contribution in [3.05, 3.63) is 58.0 Å². The molecule has 0 aliphatic carbocycles. The van der Waals surface area contributed by atoms with Crippen LogP contribution in [0.2, 0.25) is 0 Å². The predicted octanol–water partition coefficient (Wildman–Crippen LogP) is 4.18. The van der Waals surface area contributed by atoms with Gasteiger partial charge in [-0.15, -0.1) is 11.3 Å². The van der Waals surface area contributed by atoms with Crippen molar-refractivity contribution in [2.24, 2.45) is 0 Å². The first kappa shape index (κ1) is 23.0. The van der Waals surface area contributed by atoms with Gasteiger partial charge in [0.1, 0.15) is 5.75 Å². The topological polar surface area (TPSA) is 113 Å². The van der Waals surface area contributed by atoms with Gasteiger partial charge in [0.2, 0.25) is 0 Å². The summed E-state index contributed by atoms with van der Waals surface area (Å²) in [4.78, 5) is 35.3. The second-order valence-corrected chi connectivity index (χ2v) is 9.72. The van der Waals surface area contributed by atoms with Crippen molar-refractivity contribution in [1.82, 2.24) is 9.88 Å². The van der Waals surface area contributed by atoms with Gasteiger partial charge in [0.15, 0.2) is 5.01 Å². The number of nitrogen functional groups attached to an aromatic ring is 1. The Labute approximate surface area is 207 Å². The molecule has 10 heteroatoms. The number of thiazole rings is 1. The van der Waals surface area contributed by atoms with Crippen LogP contribution in [0.1, 0.15) is 33.2 Å². The lowest BCUT2D eigenvalue weighted by Crippen LogP contribution is -2.38. The maximum absolute atomic E-state index is 13.0. The van der Waals surface area contributed by atoms with Crippen LogP contribution in [0.25, 0.3) is 0 Å². The lowest BCUT2D eigenvalue weighted by Gasteiger charge is -2.26. The molecule has 0 unspecified atom stereocenters. The number of benzene rings is 2. The van der Waals surface area contributed by atoms with Crippen LogP contribution in [0.5, 0.6) is 5.75 Å². The van der Waals surface area contributed by atoms with Crippen LogP contribution in [0.3, 0.4) is 0 Å². The summed E-state index contributed by atoms with van der Waals surface area (Å²) in [5.41, 5.74) is 9.86. The zero-order valence-corrected chi connectivity index (χ0v) is 20.4. The summed E-state index contributed by atoms with van der Waals surface area (Å²) in [5, 5.41) is 6.21. The number of nitrogens with two attached hydrogens (primary N) is 1. The van der Waals surface area contributed by atoms with E-state index in [1.165, 1.54) is 24.2 Å². The van der Waals surface area contributed by atoms with Gasteiger partial charge < -0.3 is 30.9 Å². The van der Waals surface area contributed by atoms with Crippen LogP contribution >= 0.6 is 11.3 Å². The Bertz CT molecular complexity index is 1240. The van der Waals surface area contributed by atoms with Gasteiger partial charge >= 0.3 is 6.03 Å². The summed E-state index contributed by atoms with van der Waals surface area (Å²) in [6.07, 6.45) is 2.94. The molecule has 9 nitrogen and oxygen atoms in total. The smallest absolute Gasteiger partial charge is 0.322 e. The second-order valence-electron chi connectivity index (χ2n) is 8.64. The predicted molar refractivity (Wildman–Crippen MR) is 138 cm³/mol. The number of hydrogen-bond acceptors (Lipinski definition) is 7. The van der Waals surface area contributed by atoms with E-state index in [0.29, 0.717) is 41.6 Å². The monoisotopic (exact) mass is 492 g/mol. The summed E-state index contributed by atoms with van der Waals surface area (Å²) in [6.45, 7) is 2.97. The molecule has 2 aliphatic rings. The molecule has 5 rings (SSSR count). The number of amides is 3. The Balaban J connectivity index is 1.24. The molecule has 1 aromatic heterocycles. The minimum Gasteiger partial charge on any atom is -0.497 e. The number of ether oxygens (including phenoxy) is 1. The fourth-order valence-electron chi connectivity index (χ4n) is 4.34. The summed E-state index contributed by atoms with van der Waals surface area (Å²) in [6, 6.07) is 12.7. The number of anilines is 4. The number of nitrogens with zero attached hydrogens (tertiary/aromatic N) is 3. The average Bonchev–Trinajstić information content (AvgIpc) is 3.56. The van der Waals surface area contributed by atoms with Crippen molar-refractivity contribution >= 4 is 46.0 Å². The maximum atomic E-state index is 13.0. The van der Waals surface area contributed by atoms with Gasteiger partial charge in [-0.3, -0.25) is 4.79 Å². The van der Waals surface area contributed by atoms with E-state index >= 15 is 0 Å². The molecule has 1 fully saturated rings. The Morgan fingerprint density at radius 3 is 2.57 bits per heavy atom. The van der Waals surface area contributed by atoms with E-state index < -0.39 is 0 Å². The van der Waals surface area contributed by atoms with Crippen LogP contribution in [0.4, 0.5) is 27.5 Å². The molecule has 35 heavy (non-hydrogen) atoms. The van der Waals surface area contributed by atoms with Gasteiger partial charge in [-0.2, -0.15) is 0 Å². The molecule has 3 heterocycles. The van der Waals surface area contributed by atoms with E-state index in [1.807, 2.05) is 18.2 Å². The highest BCUT2D eigenvalue weighted by molar-refractivity contribution is 7.13. The molecular weight excluding hydrogens is 464 g/mol. The van der Waals surface area contributed by atoms with Crippen LogP contribution in [0, 0.1) is 0 Å². The third-order valence-electron chi connectivity index (χ3n) is 6.31. The Hall–Kier alpha value is -3.79. The molecule has 2 aliphatic heterocycles. The molecular formula is C25H28N6O3S. The lowest BCUT2D eigenvalue weighted by molar-refractivity contribution is 0.102. The lowest BCUT2D eigenvalue weighted by atomic mass is 10.2. The van der Waals surface area contributed by atoms with Crippen molar-refractivity contribution in [2.45, 2.75) is 25.8 Å². The van der Waals surface area contributed by atoms with Gasteiger partial charge in [-0.05, 0) is 55.3 Å². The van der Waals surface area contributed by atoms with E-state index in [2.05, 4.69) is 20.5 Å². The number of aromatic nitrogens is 1. The molecule has 3 aromatic rings. The zero-order chi connectivity index (χ0) is 24.4. The molecule has 3 amide bonds. The van der Waals surface area contributed by atoms with Gasteiger partial charge in [0, 0.05) is 42.3 Å². The molecule has 0 saturated carbocycles. The fourth-order valence-corrected chi connectivity index (χ4v) is 5.36. The van der Waals surface area contributed by atoms with Gasteiger partial charge in [0.25, 0.3) is 5.91 Å². The summed E-state index contributed by atoms with van der Waals surface area (Å²) < 4.78 is 5.15. The Morgan fingerprint density at radius 2 is 1.83 bits per heavy atom. The number of carbonyl (C=O) groups is 2. The fraction of sp³-hybridized carbons (Fsp3) is 0.320. The highest BCUT2D eigenvalue weighted by atomic mass is 32.1. The first-order chi connectivity index (χ1) is 17.0. The number of urea groups is 1. The standard InChI is InChI=1S/C25H28N6O3S/c1-34-18-7-4-16(5-8-18)27-25(33)31-13-10-20-22(15-31)35-24(29-20)23(32)28-21-14-17(6-9-19(21)26)30-11-2-3-12-30/h4-9,14H,2-3,10-13,15,26H2,1H3,(H,27,33)(H,28,32). The second kappa shape index (κ2) is 9.83. The first-order valence-electron chi connectivity index (χ1n) is 11.6. The molecule has 2 aromatic carbocycles. The average molecular weight is 493 g/mol. The number of hydrogen-bond donors (Lipinski definition) is 3. The molecule has 4 N–H and O–H groups in total. The number of nitrogens with one attached hydrogen (secondary N) is 2. The third kappa shape index (κ3) is 5.02. The van der Waals surface area contributed by atoms with Crippen molar-refractivity contribution in [3.8, 4) is 5.75 Å². The van der Waals surface area contributed by atoms with E-state index in [4.69, 9.17) is 10.5 Å². The minimum atomic E-state index is -0.288. The number of fused-ring (bicyclic) bond motifs is 1. The van der Waals surface area contributed by atoms with Crippen molar-refractivity contribution in [3.63, 3.8) is 0 Å². The maximum Gasteiger partial charge on any atom is 0.322 e. The van der Waals surface area contributed by atoms with Crippen LogP contribution < -0.4 is 26.0 Å². The molecule has 1 saturated heterocycles. The first-order valence-corrected chi connectivity index (χ1v) is 12.5. The molecule has 182 valence electrons. The van der Waals surface area contributed by atoms with E-state index in [-0.39, 0.29) is 11.9 Å². The van der Waals surface area contributed by atoms with E-state index in [1.54, 1.807) is 36.3 Å². The summed E-state index contributed by atoms with van der Waals surface area (Å²) >= 11 is 1.32. The quantitative estimate of drug-likeness (QED) is 0.461. The third-order valence-corrected chi connectivity index (χ3v) is 7.39. The Kier molecular flexibility index (Phi) is 6.45. The van der Waals surface area contributed by atoms with E-state index in [9.17, 15) is 9.59 Å². The SMILES string of the molecule is COc1ccc(NC(=O)N2CCc3nc(C(=O)Nc4cc(N5CCCC5)ccc4N)sc3C2)cc1. The molecule has 0 atom stereocenters. The van der Waals surface area contributed by atoms with Crippen molar-refractivity contribution in [2.75, 3.05) is 48.0 Å². The largest absolute Gasteiger partial charge is 0.497 e. The molecule has 0 spiro atoms. The summed E-state index contributed by atoms with van der Waals surface area (Å²) in [5.74, 6) is 0.439. The highest BCUT2D eigenvalue weighted by Gasteiger charge is 2.26. The highest BCUT2D eigenvalue weighted by Crippen LogP contribution is 2.30. The van der Waals surface area contributed by atoms with Gasteiger partial charge in [-0.1, -0.05) is 0 Å². The van der Waals surface area contributed by atoms with Crippen LogP contribution in [-0.4, -0.2) is 48.6 Å². The van der Waals surface area contributed by atoms with Crippen LogP contribution in [0.15, 0.2) is 42.5 Å².